The molecule has 0 amide bonds. The Hall–Kier alpha value is -1.28. The van der Waals surface area contributed by atoms with Crippen molar-refractivity contribution < 1.29 is 4.74 Å². The highest BCUT2D eigenvalue weighted by molar-refractivity contribution is 14.0. The Morgan fingerprint density at radius 1 is 1.20 bits per heavy atom. The molecule has 0 saturated carbocycles. The van der Waals surface area contributed by atoms with Gasteiger partial charge in [-0.05, 0) is 38.0 Å². The first-order valence-electron chi connectivity index (χ1n) is 8.92. The molecule has 25 heavy (non-hydrogen) atoms. The van der Waals surface area contributed by atoms with Gasteiger partial charge in [-0.1, -0.05) is 24.3 Å². The second-order valence-corrected chi connectivity index (χ2v) is 5.72. The second kappa shape index (κ2) is 13.0. The minimum Gasteiger partial charge on any atom is -0.382 e. The van der Waals surface area contributed by atoms with E-state index in [1.54, 1.807) is 0 Å². The molecule has 1 aromatic carbocycles. The highest BCUT2D eigenvalue weighted by Crippen LogP contribution is 2.18. The third-order valence-electron chi connectivity index (χ3n) is 3.82. The van der Waals surface area contributed by atoms with E-state index >= 15 is 0 Å². The van der Waals surface area contributed by atoms with E-state index in [2.05, 4.69) is 63.9 Å². The van der Waals surface area contributed by atoms with Gasteiger partial charge in [0, 0.05) is 45.1 Å². The van der Waals surface area contributed by atoms with Crippen LogP contribution in [0.15, 0.2) is 41.4 Å². The van der Waals surface area contributed by atoms with E-state index in [1.165, 1.54) is 11.3 Å². The molecule has 140 valence electrons. The van der Waals surface area contributed by atoms with E-state index in [1.807, 2.05) is 6.92 Å². The van der Waals surface area contributed by atoms with Gasteiger partial charge in [0.15, 0.2) is 5.96 Å². The van der Waals surface area contributed by atoms with Crippen LogP contribution in [0.3, 0.4) is 0 Å². The van der Waals surface area contributed by atoms with Gasteiger partial charge in [-0.3, -0.25) is 0 Å². The van der Waals surface area contributed by atoms with Crippen molar-refractivity contribution in [3.63, 3.8) is 0 Å². The predicted molar refractivity (Wildman–Crippen MR) is 117 cm³/mol. The molecule has 6 heteroatoms. The largest absolute Gasteiger partial charge is 0.382 e. The van der Waals surface area contributed by atoms with E-state index in [-0.39, 0.29) is 24.0 Å². The van der Waals surface area contributed by atoms with Crippen LogP contribution in [0.25, 0.3) is 0 Å². The van der Waals surface area contributed by atoms with E-state index in [4.69, 9.17) is 4.74 Å². The van der Waals surface area contributed by atoms with Crippen LogP contribution in [-0.2, 0) is 11.3 Å². The minimum atomic E-state index is 0. The first-order valence-corrected chi connectivity index (χ1v) is 8.92. The first-order chi connectivity index (χ1) is 11.8. The lowest BCUT2D eigenvalue weighted by atomic mass is 10.2. The van der Waals surface area contributed by atoms with Gasteiger partial charge >= 0.3 is 0 Å². The van der Waals surface area contributed by atoms with Crippen LogP contribution in [0.5, 0.6) is 0 Å². The predicted octanol–water partition coefficient (Wildman–Crippen LogP) is 3.16. The molecule has 0 radical (unpaired) electrons. The standard InChI is InChI=1S/C19H30N4O.HI/c1-3-20-19(21-11-8-14-24-4-2)22-16-17-9-7-10-18(15-17)23-12-5-6-13-23;/h5-7,9-10,15H,3-4,8,11-14,16H2,1-2H3,(H2,20,21,22);1H. The molecule has 0 spiro atoms. The van der Waals surface area contributed by atoms with E-state index in [0.29, 0.717) is 6.54 Å². The number of ether oxygens (including phenoxy) is 1. The zero-order valence-corrected chi connectivity index (χ0v) is 17.7. The third-order valence-corrected chi connectivity index (χ3v) is 3.82. The quantitative estimate of drug-likeness (QED) is 0.196. The van der Waals surface area contributed by atoms with Gasteiger partial charge in [0.2, 0.25) is 0 Å². The maximum Gasteiger partial charge on any atom is 0.191 e. The van der Waals surface area contributed by atoms with Crippen molar-refractivity contribution in [2.45, 2.75) is 26.8 Å². The fourth-order valence-electron chi connectivity index (χ4n) is 2.58. The second-order valence-electron chi connectivity index (χ2n) is 5.72. The van der Waals surface area contributed by atoms with Crippen molar-refractivity contribution >= 4 is 35.6 Å². The van der Waals surface area contributed by atoms with Gasteiger partial charge in [-0.15, -0.1) is 24.0 Å². The SMILES string of the molecule is CCNC(=NCc1cccc(N2CC=CC2)c1)NCCCOCC.I. The molecule has 5 nitrogen and oxygen atoms in total. The van der Waals surface area contributed by atoms with E-state index in [0.717, 1.165) is 51.8 Å². The number of anilines is 1. The summed E-state index contributed by atoms with van der Waals surface area (Å²) in [5.41, 5.74) is 2.49. The summed E-state index contributed by atoms with van der Waals surface area (Å²) < 4.78 is 5.36. The molecule has 1 heterocycles. The summed E-state index contributed by atoms with van der Waals surface area (Å²) >= 11 is 0. The van der Waals surface area contributed by atoms with Gasteiger partial charge in [-0.2, -0.15) is 0 Å². The molecule has 1 aromatic rings. The number of aliphatic imine (C=N–C) groups is 1. The molecule has 0 saturated heterocycles. The van der Waals surface area contributed by atoms with Crippen molar-refractivity contribution in [2.24, 2.45) is 4.99 Å². The molecule has 0 aromatic heterocycles. The van der Waals surface area contributed by atoms with Crippen LogP contribution in [-0.4, -0.2) is 45.4 Å². The van der Waals surface area contributed by atoms with Gasteiger partial charge in [0.1, 0.15) is 0 Å². The molecule has 2 N–H and O–H groups in total. The van der Waals surface area contributed by atoms with Crippen LogP contribution >= 0.6 is 24.0 Å². The summed E-state index contributed by atoms with van der Waals surface area (Å²) in [4.78, 5) is 7.04. The summed E-state index contributed by atoms with van der Waals surface area (Å²) in [5, 5.41) is 6.65. The highest BCUT2D eigenvalue weighted by Gasteiger charge is 2.07. The zero-order chi connectivity index (χ0) is 17.0. The lowest BCUT2D eigenvalue weighted by Gasteiger charge is -2.18. The van der Waals surface area contributed by atoms with Gasteiger partial charge in [-0.25, -0.2) is 4.99 Å². The Morgan fingerprint density at radius 3 is 2.72 bits per heavy atom. The number of hydrogen-bond acceptors (Lipinski definition) is 3. The molecule has 0 fully saturated rings. The normalized spacial score (nSPS) is 13.7. The molecule has 0 bridgehead atoms. The Bertz CT molecular complexity index is 540. The molecule has 2 rings (SSSR count). The lowest BCUT2D eigenvalue weighted by molar-refractivity contribution is 0.145. The molecule has 0 unspecified atom stereocenters. The number of nitrogens with zero attached hydrogens (tertiary/aromatic N) is 2. The van der Waals surface area contributed by atoms with Crippen LogP contribution < -0.4 is 15.5 Å². The molecular weight excluding hydrogens is 427 g/mol. The Balaban J connectivity index is 0.00000312. The number of halogens is 1. The van der Waals surface area contributed by atoms with Crippen molar-refractivity contribution in [1.29, 1.82) is 0 Å². The smallest absolute Gasteiger partial charge is 0.191 e. The Morgan fingerprint density at radius 2 is 2.00 bits per heavy atom. The van der Waals surface area contributed by atoms with E-state index < -0.39 is 0 Å². The van der Waals surface area contributed by atoms with Gasteiger partial charge in [0.25, 0.3) is 0 Å². The molecule has 1 aliphatic heterocycles. The van der Waals surface area contributed by atoms with Crippen LogP contribution in [0, 0.1) is 0 Å². The topological polar surface area (TPSA) is 48.9 Å². The molecule has 1 aliphatic rings. The molecule has 0 aliphatic carbocycles. The average Bonchev–Trinajstić information content (AvgIpc) is 3.14. The minimum absolute atomic E-state index is 0. The number of hydrogen-bond donors (Lipinski definition) is 2. The Labute approximate surface area is 168 Å². The monoisotopic (exact) mass is 458 g/mol. The number of guanidine groups is 1. The third kappa shape index (κ3) is 8.09. The number of rotatable bonds is 9. The summed E-state index contributed by atoms with van der Waals surface area (Å²) in [5.74, 6) is 0.863. The van der Waals surface area contributed by atoms with Crippen molar-refractivity contribution in [2.75, 3.05) is 44.3 Å². The Kier molecular flexibility index (Phi) is 11.3. The summed E-state index contributed by atoms with van der Waals surface area (Å²) in [7, 11) is 0. The van der Waals surface area contributed by atoms with E-state index in [9.17, 15) is 0 Å². The van der Waals surface area contributed by atoms with Crippen LogP contribution in [0.2, 0.25) is 0 Å². The lowest BCUT2D eigenvalue weighted by Crippen LogP contribution is -2.38. The number of benzene rings is 1. The molecule has 0 atom stereocenters. The van der Waals surface area contributed by atoms with Gasteiger partial charge < -0.3 is 20.3 Å². The van der Waals surface area contributed by atoms with Crippen LogP contribution in [0.1, 0.15) is 25.8 Å². The highest BCUT2D eigenvalue weighted by atomic mass is 127. The first kappa shape index (κ1) is 21.8. The fraction of sp³-hybridized carbons (Fsp3) is 0.526. The maximum atomic E-state index is 5.36. The van der Waals surface area contributed by atoms with Crippen molar-refractivity contribution in [1.82, 2.24) is 10.6 Å². The fourth-order valence-corrected chi connectivity index (χ4v) is 2.58. The van der Waals surface area contributed by atoms with Crippen molar-refractivity contribution in [3.05, 3.63) is 42.0 Å². The zero-order valence-electron chi connectivity index (χ0n) is 15.3. The summed E-state index contributed by atoms with van der Waals surface area (Å²) in [6, 6.07) is 8.64. The van der Waals surface area contributed by atoms with Crippen LogP contribution in [0.4, 0.5) is 5.69 Å². The van der Waals surface area contributed by atoms with Crippen molar-refractivity contribution in [3.8, 4) is 0 Å². The number of nitrogens with one attached hydrogen (secondary N) is 2. The summed E-state index contributed by atoms with van der Waals surface area (Å²) in [6.45, 7) is 10.1. The summed E-state index contributed by atoms with van der Waals surface area (Å²) in [6.07, 6.45) is 5.40. The average molecular weight is 458 g/mol. The molecular formula is C19H31IN4O. The maximum absolute atomic E-state index is 5.36. The van der Waals surface area contributed by atoms with Gasteiger partial charge in [0.05, 0.1) is 6.54 Å².